The molecular formula is C16H31N5O. The molecule has 0 spiro atoms. The third-order valence-corrected chi connectivity index (χ3v) is 3.06. The van der Waals surface area contributed by atoms with Gasteiger partial charge in [-0.2, -0.15) is 4.98 Å². The average molecular weight is 309 g/mol. The zero-order valence-electron chi connectivity index (χ0n) is 14.6. The van der Waals surface area contributed by atoms with E-state index in [2.05, 4.69) is 55.1 Å². The van der Waals surface area contributed by atoms with Crippen molar-refractivity contribution in [1.82, 2.24) is 14.9 Å². The first-order valence-corrected chi connectivity index (χ1v) is 8.11. The van der Waals surface area contributed by atoms with Gasteiger partial charge in [0.05, 0.1) is 6.61 Å². The number of ether oxygens (including phenoxy) is 1. The van der Waals surface area contributed by atoms with Crippen LogP contribution in [0.5, 0.6) is 5.88 Å². The Kier molecular flexibility index (Phi) is 7.95. The Balaban J connectivity index is 2.79. The van der Waals surface area contributed by atoms with Crippen LogP contribution in [-0.2, 0) is 6.42 Å². The van der Waals surface area contributed by atoms with E-state index in [9.17, 15) is 0 Å². The van der Waals surface area contributed by atoms with E-state index in [0.29, 0.717) is 29.9 Å². The number of nitrogens with two attached hydrogens (primary N) is 1. The SMILES string of the molecule is CCCc1nc(NCCCN(C)C)c(N)c(OCC(C)C)n1. The first kappa shape index (κ1) is 18.5. The van der Waals surface area contributed by atoms with Crippen LogP contribution in [0.3, 0.4) is 0 Å². The maximum atomic E-state index is 6.15. The van der Waals surface area contributed by atoms with Crippen LogP contribution in [0, 0.1) is 5.92 Å². The van der Waals surface area contributed by atoms with Crippen molar-refractivity contribution < 1.29 is 4.74 Å². The van der Waals surface area contributed by atoms with Gasteiger partial charge >= 0.3 is 0 Å². The summed E-state index contributed by atoms with van der Waals surface area (Å²) < 4.78 is 5.75. The van der Waals surface area contributed by atoms with E-state index < -0.39 is 0 Å². The van der Waals surface area contributed by atoms with Crippen LogP contribution in [0.1, 0.15) is 39.4 Å². The van der Waals surface area contributed by atoms with Crippen LogP contribution in [0.4, 0.5) is 11.5 Å². The Labute approximate surface area is 134 Å². The number of nitrogens with zero attached hydrogens (tertiary/aromatic N) is 3. The molecule has 22 heavy (non-hydrogen) atoms. The molecule has 0 radical (unpaired) electrons. The molecule has 0 bridgehead atoms. The van der Waals surface area contributed by atoms with E-state index in [0.717, 1.165) is 38.2 Å². The Morgan fingerprint density at radius 1 is 1.27 bits per heavy atom. The number of nitrogens with one attached hydrogen (secondary N) is 1. The van der Waals surface area contributed by atoms with E-state index in [1.165, 1.54) is 0 Å². The fourth-order valence-corrected chi connectivity index (χ4v) is 1.92. The van der Waals surface area contributed by atoms with Crippen LogP contribution in [-0.4, -0.2) is 48.7 Å². The molecule has 6 nitrogen and oxygen atoms in total. The molecule has 0 aliphatic rings. The van der Waals surface area contributed by atoms with E-state index >= 15 is 0 Å². The molecule has 0 aromatic carbocycles. The minimum atomic E-state index is 0.431. The van der Waals surface area contributed by atoms with Crippen molar-refractivity contribution in [3.05, 3.63) is 5.82 Å². The summed E-state index contributed by atoms with van der Waals surface area (Å²) in [6.45, 7) is 8.77. The maximum Gasteiger partial charge on any atom is 0.242 e. The van der Waals surface area contributed by atoms with Crippen molar-refractivity contribution >= 4 is 11.5 Å². The molecule has 0 unspecified atom stereocenters. The second-order valence-electron chi connectivity index (χ2n) is 6.25. The molecule has 1 aromatic rings. The largest absolute Gasteiger partial charge is 0.476 e. The fraction of sp³-hybridized carbons (Fsp3) is 0.750. The lowest BCUT2D eigenvalue weighted by Crippen LogP contribution is -2.18. The monoisotopic (exact) mass is 309 g/mol. The third kappa shape index (κ3) is 6.47. The van der Waals surface area contributed by atoms with Gasteiger partial charge in [0.2, 0.25) is 5.88 Å². The van der Waals surface area contributed by atoms with Gasteiger partial charge in [0.15, 0.2) is 5.82 Å². The van der Waals surface area contributed by atoms with Gasteiger partial charge in [0, 0.05) is 13.0 Å². The lowest BCUT2D eigenvalue weighted by molar-refractivity contribution is 0.262. The molecule has 0 saturated carbocycles. The first-order chi connectivity index (χ1) is 10.4. The second kappa shape index (κ2) is 9.46. The van der Waals surface area contributed by atoms with Crippen molar-refractivity contribution in [3.63, 3.8) is 0 Å². The van der Waals surface area contributed by atoms with E-state index in [-0.39, 0.29) is 0 Å². The number of hydrogen-bond donors (Lipinski definition) is 2. The number of rotatable bonds is 10. The van der Waals surface area contributed by atoms with Gasteiger partial charge in [-0.15, -0.1) is 0 Å². The van der Waals surface area contributed by atoms with Crippen LogP contribution < -0.4 is 15.8 Å². The quantitative estimate of drug-likeness (QED) is 0.646. The van der Waals surface area contributed by atoms with Gasteiger partial charge in [0.1, 0.15) is 11.5 Å². The number of aryl methyl sites for hydroxylation is 1. The van der Waals surface area contributed by atoms with Crippen molar-refractivity contribution in [2.24, 2.45) is 5.92 Å². The molecule has 0 aliphatic heterocycles. The van der Waals surface area contributed by atoms with Crippen LogP contribution in [0.2, 0.25) is 0 Å². The molecule has 0 amide bonds. The molecule has 126 valence electrons. The van der Waals surface area contributed by atoms with Gasteiger partial charge in [-0.1, -0.05) is 20.8 Å². The first-order valence-electron chi connectivity index (χ1n) is 8.11. The molecule has 0 aliphatic carbocycles. The van der Waals surface area contributed by atoms with Gasteiger partial charge in [-0.05, 0) is 39.4 Å². The number of anilines is 2. The zero-order valence-corrected chi connectivity index (χ0v) is 14.6. The predicted octanol–water partition coefficient (Wildman–Crippen LogP) is 2.41. The molecule has 1 rings (SSSR count). The maximum absolute atomic E-state index is 6.15. The summed E-state index contributed by atoms with van der Waals surface area (Å²) in [7, 11) is 4.13. The van der Waals surface area contributed by atoms with Gasteiger partial charge in [0.25, 0.3) is 0 Å². The van der Waals surface area contributed by atoms with E-state index in [1.54, 1.807) is 0 Å². The summed E-state index contributed by atoms with van der Waals surface area (Å²) in [6.07, 6.45) is 2.85. The lowest BCUT2D eigenvalue weighted by Gasteiger charge is -2.15. The molecule has 1 aromatic heterocycles. The summed E-state index contributed by atoms with van der Waals surface area (Å²) in [5, 5.41) is 3.31. The standard InChI is InChI=1S/C16H31N5O/c1-6-8-13-19-15(18-9-7-10-21(4)5)14(17)16(20-13)22-11-12(2)3/h12H,6-11,17H2,1-5H3,(H,18,19,20). The Hall–Kier alpha value is -1.56. The number of aromatic nitrogens is 2. The summed E-state index contributed by atoms with van der Waals surface area (Å²) in [6, 6.07) is 0. The Morgan fingerprint density at radius 2 is 2.00 bits per heavy atom. The molecule has 1 heterocycles. The topological polar surface area (TPSA) is 76.3 Å². The van der Waals surface area contributed by atoms with Crippen LogP contribution >= 0.6 is 0 Å². The normalized spacial score (nSPS) is 11.2. The van der Waals surface area contributed by atoms with Crippen molar-refractivity contribution in [1.29, 1.82) is 0 Å². The molecular weight excluding hydrogens is 278 g/mol. The highest BCUT2D eigenvalue weighted by molar-refractivity contribution is 5.66. The van der Waals surface area contributed by atoms with Gasteiger partial charge in [-0.3, -0.25) is 0 Å². The van der Waals surface area contributed by atoms with E-state index in [1.807, 2.05) is 0 Å². The summed E-state index contributed by atoms with van der Waals surface area (Å²) in [4.78, 5) is 11.1. The van der Waals surface area contributed by atoms with Crippen molar-refractivity contribution in [2.75, 3.05) is 44.8 Å². The van der Waals surface area contributed by atoms with Crippen LogP contribution in [0.15, 0.2) is 0 Å². The summed E-state index contributed by atoms with van der Waals surface area (Å²) in [5.74, 6) is 2.41. The highest BCUT2D eigenvalue weighted by atomic mass is 16.5. The number of hydrogen-bond acceptors (Lipinski definition) is 6. The van der Waals surface area contributed by atoms with Crippen molar-refractivity contribution in [2.45, 2.75) is 40.0 Å². The van der Waals surface area contributed by atoms with E-state index in [4.69, 9.17) is 10.5 Å². The van der Waals surface area contributed by atoms with Crippen molar-refractivity contribution in [3.8, 4) is 5.88 Å². The fourth-order valence-electron chi connectivity index (χ4n) is 1.92. The van der Waals surface area contributed by atoms with Gasteiger partial charge in [-0.25, -0.2) is 4.98 Å². The predicted molar refractivity (Wildman–Crippen MR) is 92.4 cm³/mol. The molecule has 0 saturated heterocycles. The third-order valence-electron chi connectivity index (χ3n) is 3.06. The zero-order chi connectivity index (χ0) is 16.5. The highest BCUT2D eigenvalue weighted by Crippen LogP contribution is 2.26. The Morgan fingerprint density at radius 3 is 2.59 bits per heavy atom. The highest BCUT2D eigenvalue weighted by Gasteiger charge is 2.13. The molecule has 0 fully saturated rings. The summed E-state index contributed by atoms with van der Waals surface area (Å²) in [5.41, 5.74) is 6.66. The minimum absolute atomic E-state index is 0.431. The number of nitrogen functional groups attached to an aromatic ring is 1. The molecule has 0 atom stereocenters. The summed E-state index contributed by atoms with van der Waals surface area (Å²) >= 11 is 0. The molecule has 6 heteroatoms. The lowest BCUT2D eigenvalue weighted by atomic mass is 10.2. The minimum Gasteiger partial charge on any atom is -0.476 e. The Bertz CT molecular complexity index is 448. The second-order valence-corrected chi connectivity index (χ2v) is 6.25. The van der Waals surface area contributed by atoms with Gasteiger partial charge < -0.3 is 20.7 Å². The smallest absolute Gasteiger partial charge is 0.242 e. The van der Waals surface area contributed by atoms with Crippen LogP contribution in [0.25, 0.3) is 0 Å². The molecule has 3 N–H and O–H groups in total. The average Bonchev–Trinajstić information content (AvgIpc) is 2.44.